The number of hydrogen-bond donors (Lipinski definition) is 1. The van der Waals surface area contributed by atoms with E-state index >= 15 is 0 Å². The minimum absolute atomic E-state index is 0.354. The molecule has 0 saturated carbocycles. The summed E-state index contributed by atoms with van der Waals surface area (Å²) >= 11 is 1.79. The minimum Gasteiger partial charge on any atom is -0.312 e. The maximum absolute atomic E-state index is 4.45. The van der Waals surface area contributed by atoms with Crippen LogP contribution in [0.4, 0.5) is 0 Å². The molecule has 3 unspecified atom stereocenters. The predicted molar refractivity (Wildman–Crippen MR) is 87.7 cm³/mol. The van der Waals surface area contributed by atoms with E-state index < -0.39 is 0 Å². The van der Waals surface area contributed by atoms with E-state index in [0.717, 1.165) is 17.1 Å². The first-order valence-corrected chi connectivity index (χ1v) is 8.28. The van der Waals surface area contributed by atoms with Crippen LogP contribution < -0.4 is 5.32 Å². The zero-order valence-electron chi connectivity index (χ0n) is 12.7. The van der Waals surface area contributed by atoms with E-state index in [1.165, 1.54) is 11.1 Å². The molecule has 3 atom stereocenters. The third-order valence-electron chi connectivity index (χ3n) is 4.14. The molecule has 1 N–H and O–H groups in total. The normalized spacial score (nSPS) is 24.6. The zero-order chi connectivity index (χ0) is 14.8. The van der Waals surface area contributed by atoms with Crippen molar-refractivity contribution in [2.24, 2.45) is 0 Å². The van der Waals surface area contributed by atoms with Gasteiger partial charge in [-0.05, 0) is 43.0 Å². The summed E-state index contributed by atoms with van der Waals surface area (Å²) in [5, 5.41) is 4.82. The number of nitrogens with one attached hydrogen (secondary N) is 1. The molecule has 0 amide bonds. The number of fused-ring (bicyclic) bond motifs is 1. The molecule has 3 nitrogen and oxygen atoms in total. The van der Waals surface area contributed by atoms with Crippen LogP contribution in [0.3, 0.4) is 0 Å². The van der Waals surface area contributed by atoms with Gasteiger partial charge in [0.25, 0.3) is 0 Å². The highest BCUT2D eigenvalue weighted by atomic mass is 32.2. The average molecular weight is 299 g/mol. The van der Waals surface area contributed by atoms with E-state index in [-0.39, 0.29) is 0 Å². The van der Waals surface area contributed by atoms with Gasteiger partial charge in [0, 0.05) is 23.7 Å². The molecule has 2 aromatic rings. The fourth-order valence-corrected chi connectivity index (χ4v) is 4.39. The summed E-state index contributed by atoms with van der Waals surface area (Å²) in [5.41, 5.74) is 3.99. The van der Waals surface area contributed by atoms with Gasteiger partial charge in [-0.25, -0.2) is 9.97 Å². The van der Waals surface area contributed by atoms with Crippen molar-refractivity contribution in [3.05, 3.63) is 53.3 Å². The van der Waals surface area contributed by atoms with E-state index in [2.05, 4.69) is 46.5 Å². The monoisotopic (exact) mass is 299 g/mol. The Kier molecular flexibility index (Phi) is 4.27. The van der Waals surface area contributed by atoms with E-state index in [1.54, 1.807) is 11.8 Å². The second-order valence-electron chi connectivity index (χ2n) is 5.73. The lowest BCUT2D eigenvalue weighted by Gasteiger charge is -2.36. The molecule has 1 aliphatic carbocycles. The molecule has 0 saturated heterocycles. The second-order valence-corrected chi connectivity index (χ2v) is 6.94. The van der Waals surface area contributed by atoms with E-state index in [4.69, 9.17) is 0 Å². The lowest BCUT2D eigenvalue weighted by atomic mass is 9.81. The van der Waals surface area contributed by atoms with Gasteiger partial charge in [0.1, 0.15) is 0 Å². The van der Waals surface area contributed by atoms with E-state index in [9.17, 15) is 0 Å². The van der Waals surface area contributed by atoms with Gasteiger partial charge in [0.05, 0.1) is 0 Å². The molecule has 4 heteroatoms. The Balaban J connectivity index is 1.87. The number of aryl methyl sites for hydroxylation is 1. The van der Waals surface area contributed by atoms with Gasteiger partial charge in [0.2, 0.25) is 0 Å². The summed E-state index contributed by atoms with van der Waals surface area (Å²) in [4.78, 5) is 8.89. The Morgan fingerprint density at radius 2 is 1.81 bits per heavy atom. The van der Waals surface area contributed by atoms with Gasteiger partial charge >= 0.3 is 0 Å². The van der Waals surface area contributed by atoms with Crippen LogP contribution in [0.1, 0.15) is 42.0 Å². The molecular formula is C17H21N3S. The van der Waals surface area contributed by atoms with E-state index in [1.807, 2.05) is 26.4 Å². The minimum atomic E-state index is 0.354. The third-order valence-corrected chi connectivity index (χ3v) is 5.33. The van der Waals surface area contributed by atoms with Gasteiger partial charge in [-0.3, -0.25) is 0 Å². The van der Waals surface area contributed by atoms with Crippen LogP contribution in [0.15, 0.2) is 41.8 Å². The third kappa shape index (κ3) is 2.97. The van der Waals surface area contributed by atoms with Crippen LogP contribution in [0.25, 0.3) is 0 Å². The average Bonchev–Trinajstić information content (AvgIpc) is 2.50. The van der Waals surface area contributed by atoms with Crippen LogP contribution >= 0.6 is 11.8 Å². The van der Waals surface area contributed by atoms with Crippen molar-refractivity contribution < 1.29 is 0 Å². The number of rotatable bonds is 3. The molecule has 3 rings (SSSR count). The number of aromatic nitrogens is 2. The molecule has 1 aromatic heterocycles. The van der Waals surface area contributed by atoms with Crippen LogP contribution in [-0.2, 0) is 0 Å². The Labute approximate surface area is 130 Å². The molecular weight excluding hydrogens is 278 g/mol. The Hall–Kier alpha value is -1.39. The molecule has 0 radical (unpaired) electrons. The number of nitrogens with zero attached hydrogens (tertiary/aromatic N) is 2. The molecule has 0 fully saturated rings. The van der Waals surface area contributed by atoms with Crippen LogP contribution in [0, 0.1) is 6.92 Å². The van der Waals surface area contributed by atoms with Crippen molar-refractivity contribution in [3.8, 4) is 0 Å². The van der Waals surface area contributed by atoms with Gasteiger partial charge in [-0.2, -0.15) is 0 Å². The Bertz CT molecular complexity index is 612. The predicted octanol–water partition coefficient (Wildman–Crippen LogP) is 3.71. The first-order chi connectivity index (χ1) is 10.2. The van der Waals surface area contributed by atoms with E-state index in [0.29, 0.717) is 17.2 Å². The number of hydrogen-bond acceptors (Lipinski definition) is 4. The molecule has 110 valence electrons. The molecule has 21 heavy (non-hydrogen) atoms. The highest BCUT2D eigenvalue weighted by molar-refractivity contribution is 7.99. The smallest absolute Gasteiger partial charge is 0.187 e. The molecule has 0 aliphatic heterocycles. The molecule has 0 spiro atoms. The summed E-state index contributed by atoms with van der Waals surface area (Å²) in [6.45, 7) is 4.33. The summed E-state index contributed by atoms with van der Waals surface area (Å²) in [5.74, 6) is 0.578. The number of benzene rings is 1. The van der Waals surface area contributed by atoms with Gasteiger partial charge in [0.15, 0.2) is 5.16 Å². The van der Waals surface area contributed by atoms with Crippen LogP contribution in [0.5, 0.6) is 0 Å². The first kappa shape index (κ1) is 14.5. The molecule has 1 aliphatic rings. The molecule has 1 aromatic carbocycles. The lowest BCUT2D eigenvalue weighted by Crippen LogP contribution is -2.33. The van der Waals surface area contributed by atoms with Crippen LogP contribution in [0.2, 0.25) is 0 Å². The highest BCUT2D eigenvalue weighted by Gasteiger charge is 2.33. The van der Waals surface area contributed by atoms with Crippen molar-refractivity contribution in [1.82, 2.24) is 15.3 Å². The second kappa shape index (κ2) is 6.16. The van der Waals surface area contributed by atoms with Crippen molar-refractivity contribution in [3.63, 3.8) is 0 Å². The van der Waals surface area contributed by atoms with Crippen molar-refractivity contribution in [2.45, 2.75) is 42.6 Å². The van der Waals surface area contributed by atoms with Crippen molar-refractivity contribution in [2.75, 3.05) is 7.05 Å². The van der Waals surface area contributed by atoms with Gasteiger partial charge < -0.3 is 5.32 Å². The fourth-order valence-electron chi connectivity index (χ4n) is 3.09. The highest BCUT2D eigenvalue weighted by Crippen LogP contribution is 2.43. The standard InChI is InChI=1S/C17H21N3S/c1-11-9-19-17(20-10-11)21-15-8-12(2)13-6-4-5-7-14(13)16(15)18-3/h4-7,9-10,12,15-16,18H,8H2,1-3H3. The first-order valence-electron chi connectivity index (χ1n) is 7.40. The SMILES string of the molecule is CNC1c2ccccc2C(C)CC1Sc1ncc(C)cn1. The Morgan fingerprint density at radius 3 is 2.48 bits per heavy atom. The topological polar surface area (TPSA) is 37.8 Å². The quantitative estimate of drug-likeness (QED) is 0.877. The fraction of sp³-hybridized carbons (Fsp3) is 0.412. The van der Waals surface area contributed by atoms with Crippen LogP contribution in [-0.4, -0.2) is 22.3 Å². The maximum atomic E-state index is 4.45. The largest absolute Gasteiger partial charge is 0.312 e. The zero-order valence-corrected chi connectivity index (χ0v) is 13.5. The summed E-state index contributed by atoms with van der Waals surface area (Å²) < 4.78 is 0. The lowest BCUT2D eigenvalue weighted by molar-refractivity contribution is 0.472. The van der Waals surface area contributed by atoms with Gasteiger partial charge in [-0.15, -0.1) is 0 Å². The molecule has 1 heterocycles. The van der Waals surface area contributed by atoms with Gasteiger partial charge in [-0.1, -0.05) is 43.0 Å². The molecule has 0 bridgehead atoms. The number of thioether (sulfide) groups is 1. The van der Waals surface area contributed by atoms with Crippen molar-refractivity contribution >= 4 is 11.8 Å². The Morgan fingerprint density at radius 1 is 1.14 bits per heavy atom. The van der Waals surface area contributed by atoms with Crippen molar-refractivity contribution in [1.29, 1.82) is 0 Å². The summed E-state index contributed by atoms with van der Waals surface area (Å²) in [7, 11) is 2.04. The summed E-state index contributed by atoms with van der Waals surface area (Å²) in [6.07, 6.45) is 4.93. The maximum Gasteiger partial charge on any atom is 0.187 e. The summed E-state index contributed by atoms with van der Waals surface area (Å²) in [6, 6.07) is 9.13.